The van der Waals surface area contributed by atoms with E-state index in [1.54, 1.807) is 6.08 Å². The topological polar surface area (TPSA) is 69.6 Å². The molecule has 4 heteroatoms. The Labute approximate surface area is 311 Å². The molecule has 50 heavy (non-hydrogen) atoms. The van der Waals surface area contributed by atoms with Gasteiger partial charge in [-0.05, 0) is 77.0 Å². The van der Waals surface area contributed by atoms with E-state index in [4.69, 9.17) is 0 Å². The largest absolute Gasteiger partial charge is 0.394 e. The molecule has 0 saturated carbocycles. The Morgan fingerprint density at radius 1 is 0.480 bits per heavy atom. The first-order valence-electron chi connectivity index (χ1n) is 21.5. The highest BCUT2D eigenvalue weighted by Gasteiger charge is 2.17. The van der Waals surface area contributed by atoms with Crippen LogP contribution in [-0.4, -0.2) is 34.9 Å². The highest BCUT2D eigenvalue weighted by molar-refractivity contribution is 5.76. The fourth-order valence-electron chi connectivity index (χ4n) is 6.12. The number of unbranched alkanes of at least 4 members (excludes halogenated alkanes) is 23. The molecule has 0 aliphatic rings. The van der Waals surface area contributed by atoms with E-state index in [9.17, 15) is 15.0 Å². The number of hydrogen-bond acceptors (Lipinski definition) is 3. The second-order valence-electron chi connectivity index (χ2n) is 14.4. The number of allylic oxidation sites excluding steroid dienone is 9. The predicted molar refractivity (Wildman–Crippen MR) is 221 cm³/mol. The zero-order chi connectivity index (χ0) is 36.4. The Kier molecular flexibility index (Phi) is 39.9. The molecule has 290 valence electrons. The van der Waals surface area contributed by atoms with Crippen molar-refractivity contribution in [1.29, 1.82) is 0 Å². The van der Waals surface area contributed by atoms with Gasteiger partial charge in [0, 0.05) is 6.42 Å². The Morgan fingerprint density at radius 2 is 0.840 bits per heavy atom. The number of carbonyl (C=O) groups excluding carboxylic acids is 1. The summed E-state index contributed by atoms with van der Waals surface area (Å²) >= 11 is 0. The third-order valence-electron chi connectivity index (χ3n) is 9.45. The van der Waals surface area contributed by atoms with Crippen molar-refractivity contribution in [2.45, 2.75) is 219 Å². The third-order valence-corrected chi connectivity index (χ3v) is 9.45. The highest BCUT2D eigenvalue weighted by Crippen LogP contribution is 2.13. The summed E-state index contributed by atoms with van der Waals surface area (Å²) in [4.78, 5) is 12.4. The lowest BCUT2D eigenvalue weighted by molar-refractivity contribution is -0.123. The summed E-state index contributed by atoms with van der Waals surface area (Å²) in [6.07, 6.45) is 57.6. The van der Waals surface area contributed by atoms with E-state index in [1.165, 1.54) is 141 Å². The van der Waals surface area contributed by atoms with Gasteiger partial charge in [-0.1, -0.05) is 184 Å². The van der Waals surface area contributed by atoms with E-state index in [0.717, 1.165) is 44.9 Å². The van der Waals surface area contributed by atoms with Crippen molar-refractivity contribution in [2.75, 3.05) is 6.61 Å². The van der Waals surface area contributed by atoms with Gasteiger partial charge in [0.05, 0.1) is 18.8 Å². The lowest BCUT2D eigenvalue weighted by Gasteiger charge is -2.19. The molecule has 0 fully saturated rings. The van der Waals surface area contributed by atoms with E-state index >= 15 is 0 Å². The fraction of sp³-hybridized carbons (Fsp3) is 0.761. The minimum absolute atomic E-state index is 0.0852. The summed E-state index contributed by atoms with van der Waals surface area (Å²) in [5.74, 6) is -0.0852. The number of carbonyl (C=O) groups is 1. The predicted octanol–water partition coefficient (Wildman–Crippen LogP) is 13.3. The molecule has 0 radical (unpaired) electrons. The molecule has 0 rings (SSSR count). The molecule has 0 aromatic rings. The molecule has 0 bridgehead atoms. The Morgan fingerprint density at radius 3 is 1.32 bits per heavy atom. The number of rotatable bonds is 38. The molecular weight excluding hydrogens is 615 g/mol. The zero-order valence-electron chi connectivity index (χ0n) is 33.2. The van der Waals surface area contributed by atoms with Crippen molar-refractivity contribution in [3.8, 4) is 0 Å². The Hall–Kier alpha value is -1.91. The molecule has 0 aromatic carbocycles. The summed E-state index contributed by atoms with van der Waals surface area (Å²) in [6, 6.07) is -0.648. The van der Waals surface area contributed by atoms with Crippen LogP contribution < -0.4 is 5.32 Å². The van der Waals surface area contributed by atoms with Crippen LogP contribution >= 0.6 is 0 Å². The summed E-state index contributed by atoms with van der Waals surface area (Å²) < 4.78 is 0. The molecular formula is C46H83NO3. The summed E-state index contributed by atoms with van der Waals surface area (Å²) in [5, 5.41) is 22.9. The molecule has 3 N–H and O–H groups in total. The minimum atomic E-state index is -0.872. The Balaban J connectivity index is 3.61. The molecule has 0 aromatic heterocycles. The first-order valence-corrected chi connectivity index (χ1v) is 21.5. The van der Waals surface area contributed by atoms with Crippen LogP contribution in [-0.2, 0) is 4.79 Å². The van der Waals surface area contributed by atoms with Crippen molar-refractivity contribution >= 4 is 5.91 Å². The van der Waals surface area contributed by atoms with Crippen LogP contribution in [0.25, 0.3) is 0 Å². The van der Waals surface area contributed by atoms with Crippen molar-refractivity contribution in [2.24, 2.45) is 0 Å². The number of nitrogens with one attached hydrogen (secondary N) is 1. The van der Waals surface area contributed by atoms with Crippen molar-refractivity contribution in [1.82, 2.24) is 5.32 Å². The first kappa shape index (κ1) is 48.1. The molecule has 1 amide bonds. The second-order valence-corrected chi connectivity index (χ2v) is 14.4. The van der Waals surface area contributed by atoms with Gasteiger partial charge in [0.1, 0.15) is 0 Å². The van der Waals surface area contributed by atoms with Gasteiger partial charge in [0.2, 0.25) is 5.91 Å². The fourth-order valence-corrected chi connectivity index (χ4v) is 6.12. The molecule has 4 nitrogen and oxygen atoms in total. The standard InChI is InChI=1S/C46H83NO3/c1-3-5-7-9-11-13-15-17-18-19-20-21-22-23-24-25-26-27-28-30-32-34-36-38-40-42-46(50)47-44(43-48)45(49)41-39-37-35-33-31-29-16-14-12-10-8-6-4-2/h12,14,20-21,23-24,31,33,39,41,44-45,48-49H,3-11,13,15-19,22,25-30,32,34-38,40,42-43H2,1-2H3,(H,47,50)/b14-12+,21-20-,24-23-,33-31+,41-39+. The van der Waals surface area contributed by atoms with Gasteiger partial charge >= 0.3 is 0 Å². The van der Waals surface area contributed by atoms with Gasteiger partial charge in [0.25, 0.3) is 0 Å². The maximum Gasteiger partial charge on any atom is 0.220 e. The number of hydrogen-bond donors (Lipinski definition) is 3. The molecule has 0 aliphatic carbocycles. The van der Waals surface area contributed by atoms with Crippen molar-refractivity contribution in [3.05, 3.63) is 60.8 Å². The normalized spacial score (nSPS) is 13.6. The van der Waals surface area contributed by atoms with Crippen molar-refractivity contribution in [3.63, 3.8) is 0 Å². The van der Waals surface area contributed by atoms with E-state index < -0.39 is 12.1 Å². The molecule has 0 heterocycles. The maximum absolute atomic E-state index is 12.4. The van der Waals surface area contributed by atoms with Gasteiger partial charge in [-0.25, -0.2) is 0 Å². The van der Waals surface area contributed by atoms with Crippen LogP contribution in [0.3, 0.4) is 0 Å². The smallest absolute Gasteiger partial charge is 0.220 e. The van der Waals surface area contributed by atoms with Crippen LogP contribution in [0.5, 0.6) is 0 Å². The van der Waals surface area contributed by atoms with Crippen LogP contribution in [0.2, 0.25) is 0 Å². The van der Waals surface area contributed by atoms with E-state index in [2.05, 4.69) is 67.8 Å². The highest BCUT2D eigenvalue weighted by atomic mass is 16.3. The van der Waals surface area contributed by atoms with Gasteiger partial charge in [0.15, 0.2) is 0 Å². The Bertz CT molecular complexity index is 842. The maximum atomic E-state index is 12.4. The van der Waals surface area contributed by atoms with Crippen LogP contribution in [0.1, 0.15) is 206 Å². The molecule has 2 unspecified atom stereocenters. The quantitative estimate of drug-likeness (QED) is 0.0444. The number of aliphatic hydroxyl groups is 2. The number of amides is 1. The van der Waals surface area contributed by atoms with Gasteiger partial charge in [-0.2, -0.15) is 0 Å². The third kappa shape index (κ3) is 37.3. The number of aliphatic hydroxyl groups excluding tert-OH is 2. The first-order chi connectivity index (χ1) is 24.7. The average Bonchev–Trinajstić information content (AvgIpc) is 3.12. The van der Waals surface area contributed by atoms with E-state index in [0.29, 0.717) is 6.42 Å². The zero-order valence-corrected chi connectivity index (χ0v) is 33.2. The van der Waals surface area contributed by atoms with Gasteiger partial charge in [-0.3, -0.25) is 4.79 Å². The lowest BCUT2D eigenvalue weighted by Crippen LogP contribution is -2.45. The summed E-state index contributed by atoms with van der Waals surface area (Å²) in [7, 11) is 0. The average molecular weight is 698 g/mol. The van der Waals surface area contributed by atoms with Crippen LogP contribution in [0, 0.1) is 0 Å². The lowest BCUT2D eigenvalue weighted by atomic mass is 10.1. The monoisotopic (exact) mass is 698 g/mol. The molecule has 0 aliphatic heterocycles. The summed E-state index contributed by atoms with van der Waals surface area (Å²) in [6.45, 7) is 4.25. The summed E-state index contributed by atoms with van der Waals surface area (Å²) in [5.41, 5.74) is 0. The van der Waals surface area contributed by atoms with Gasteiger partial charge in [-0.15, -0.1) is 0 Å². The van der Waals surface area contributed by atoms with E-state index in [1.807, 2.05) is 6.08 Å². The van der Waals surface area contributed by atoms with Crippen LogP contribution in [0.4, 0.5) is 0 Å². The molecule has 0 spiro atoms. The molecule has 0 saturated heterocycles. The van der Waals surface area contributed by atoms with E-state index in [-0.39, 0.29) is 12.5 Å². The molecule has 2 atom stereocenters. The van der Waals surface area contributed by atoms with Gasteiger partial charge < -0.3 is 15.5 Å². The second kappa shape index (κ2) is 41.5. The van der Waals surface area contributed by atoms with Crippen LogP contribution in [0.15, 0.2) is 60.8 Å². The SMILES string of the molecule is CCCCC/C=C/CC/C=C/CC/C=C/C(O)C(CO)NC(=O)CCCCCCCCCCC/C=C\C/C=C\CCCCCCCCCCC. The van der Waals surface area contributed by atoms with Crippen molar-refractivity contribution < 1.29 is 15.0 Å². The minimum Gasteiger partial charge on any atom is -0.394 e.